The van der Waals surface area contributed by atoms with Crippen LogP contribution in [0.25, 0.3) is 0 Å². The highest BCUT2D eigenvalue weighted by atomic mass is 32.1. The van der Waals surface area contributed by atoms with Gasteiger partial charge in [0.1, 0.15) is 11.1 Å². The van der Waals surface area contributed by atoms with Crippen LogP contribution in [0.4, 0.5) is 0 Å². The smallest absolute Gasteiger partial charge is 0.311 e. The Hall–Kier alpha value is -0.980. The van der Waals surface area contributed by atoms with Gasteiger partial charge in [-0.05, 0) is 20.8 Å². The fourth-order valence-corrected chi connectivity index (χ4v) is 3.06. The fraction of sp³-hybridized carbons (Fsp3) is 0.714. The highest BCUT2D eigenvalue weighted by molar-refractivity contribution is 7.09. The van der Waals surface area contributed by atoms with E-state index in [0.717, 1.165) is 30.4 Å². The zero-order valence-corrected chi connectivity index (χ0v) is 13.1. The van der Waals surface area contributed by atoms with Crippen molar-refractivity contribution in [3.05, 3.63) is 16.1 Å². The molecule has 112 valence electrons. The monoisotopic (exact) mass is 298 g/mol. The number of nitrogens with zero attached hydrogens (tertiary/aromatic N) is 2. The number of morpholine rings is 1. The molecule has 1 fully saturated rings. The Morgan fingerprint density at radius 3 is 3.15 bits per heavy atom. The largest absolute Gasteiger partial charge is 0.466 e. The quantitative estimate of drug-likeness (QED) is 0.779. The summed E-state index contributed by atoms with van der Waals surface area (Å²) >= 11 is 1.56. The second-order valence-electron chi connectivity index (χ2n) is 5.11. The summed E-state index contributed by atoms with van der Waals surface area (Å²) in [6, 6.07) is 0.514. The molecule has 5 nitrogen and oxygen atoms in total. The molecule has 1 aliphatic rings. The van der Waals surface area contributed by atoms with E-state index in [1.54, 1.807) is 18.3 Å². The summed E-state index contributed by atoms with van der Waals surface area (Å²) in [4.78, 5) is 18.3. The van der Waals surface area contributed by atoms with Crippen LogP contribution in [0.15, 0.2) is 5.38 Å². The predicted octanol–water partition coefficient (Wildman–Crippen LogP) is 2.03. The molecule has 0 bridgehead atoms. The van der Waals surface area contributed by atoms with Crippen LogP contribution in [0.3, 0.4) is 0 Å². The first-order chi connectivity index (χ1) is 9.60. The number of rotatable bonds is 5. The summed E-state index contributed by atoms with van der Waals surface area (Å²) < 4.78 is 10.7. The van der Waals surface area contributed by atoms with E-state index < -0.39 is 0 Å². The number of carbonyl (C=O) groups is 1. The molecule has 0 amide bonds. The number of ether oxygens (including phenoxy) is 2. The lowest BCUT2D eigenvalue weighted by Gasteiger charge is -2.34. The van der Waals surface area contributed by atoms with Crippen molar-refractivity contribution in [3.8, 4) is 0 Å². The number of hydrogen-bond donors (Lipinski definition) is 0. The van der Waals surface area contributed by atoms with E-state index >= 15 is 0 Å². The molecule has 2 heterocycles. The van der Waals surface area contributed by atoms with Gasteiger partial charge in [-0.2, -0.15) is 0 Å². The molecule has 1 atom stereocenters. The predicted molar refractivity (Wildman–Crippen MR) is 77.9 cm³/mol. The maximum absolute atomic E-state index is 11.4. The number of esters is 1. The fourth-order valence-electron chi connectivity index (χ4n) is 2.20. The van der Waals surface area contributed by atoms with Crippen LogP contribution in [0.2, 0.25) is 0 Å². The number of carbonyl (C=O) groups excluding carboxylic acids is 1. The van der Waals surface area contributed by atoms with E-state index in [9.17, 15) is 4.79 Å². The van der Waals surface area contributed by atoms with Crippen LogP contribution in [0.1, 0.15) is 37.6 Å². The Balaban J connectivity index is 1.96. The second-order valence-corrected chi connectivity index (χ2v) is 6.00. The molecule has 1 aliphatic heterocycles. The molecule has 2 rings (SSSR count). The molecule has 0 saturated carbocycles. The SMILES string of the molecule is CCOC(=O)Cc1csc(C2CN(C(C)C)CCO2)n1. The maximum Gasteiger partial charge on any atom is 0.311 e. The summed E-state index contributed by atoms with van der Waals surface area (Å²) in [5.74, 6) is -0.224. The normalized spacial score (nSPS) is 20.3. The summed E-state index contributed by atoms with van der Waals surface area (Å²) in [5, 5.41) is 2.87. The van der Waals surface area contributed by atoms with E-state index in [1.165, 1.54) is 0 Å². The highest BCUT2D eigenvalue weighted by Crippen LogP contribution is 2.26. The number of aromatic nitrogens is 1. The first-order valence-electron chi connectivity index (χ1n) is 7.05. The molecular formula is C14H22N2O3S. The Labute approximate surface area is 123 Å². The minimum atomic E-state index is -0.224. The van der Waals surface area contributed by atoms with Crippen molar-refractivity contribution in [2.75, 3.05) is 26.3 Å². The first-order valence-corrected chi connectivity index (χ1v) is 7.93. The minimum Gasteiger partial charge on any atom is -0.466 e. The molecule has 1 saturated heterocycles. The van der Waals surface area contributed by atoms with Crippen molar-refractivity contribution < 1.29 is 14.3 Å². The van der Waals surface area contributed by atoms with Crippen LogP contribution in [0.5, 0.6) is 0 Å². The van der Waals surface area contributed by atoms with Gasteiger partial charge in [0, 0.05) is 24.5 Å². The Kier molecular flexibility index (Phi) is 5.51. The average Bonchev–Trinajstić information content (AvgIpc) is 2.87. The van der Waals surface area contributed by atoms with Gasteiger partial charge in [-0.25, -0.2) is 4.98 Å². The number of thiazole rings is 1. The molecule has 1 aromatic heterocycles. The van der Waals surface area contributed by atoms with E-state index in [-0.39, 0.29) is 18.5 Å². The molecule has 0 spiro atoms. The first kappa shape index (κ1) is 15.4. The standard InChI is InChI=1S/C14H22N2O3S/c1-4-18-13(17)7-11-9-20-14(15-11)12-8-16(10(2)3)5-6-19-12/h9-10,12H,4-8H2,1-3H3. The van der Waals surface area contributed by atoms with E-state index in [2.05, 4.69) is 23.7 Å². The van der Waals surface area contributed by atoms with E-state index in [4.69, 9.17) is 9.47 Å². The lowest BCUT2D eigenvalue weighted by atomic mass is 10.2. The van der Waals surface area contributed by atoms with Crippen LogP contribution in [-0.2, 0) is 20.7 Å². The second kappa shape index (κ2) is 7.15. The lowest BCUT2D eigenvalue weighted by Crippen LogP contribution is -2.42. The molecule has 0 aromatic carbocycles. The molecule has 1 unspecified atom stereocenters. The van der Waals surface area contributed by atoms with Crippen molar-refractivity contribution in [2.24, 2.45) is 0 Å². The van der Waals surface area contributed by atoms with Gasteiger partial charge in [0.2, 0.25) is 0 Å². The molecule has 0 radical (unpaired) electrons. The van der Waals surface area contributed by atoms with Crippen LogP contribution >= 0.6 is 11.3 Å². The van der Waals surface area contributed by atoms with Crippen molar-refractivity contribution in [1.82, 2.24) is 9.88 Å². The van der Waals surface area contributed by atoms with Gasteiger partial charge in [0.15, 0.2) is 0 Å². The van der Waals surface area contributed by atoms with E-state index in [0.29, 0.717) is 12.6 Å². The van der Waals surface area contributed by atoms with Gasteiger partial charge in [0.25, 0.3) is 0 Å². The van der Waals surface area contributed by atoms with Crippen LogP contribution < -0.4 is 0 Å². The van der Waals surface area contributed by atoms with Crippen molar-refractivity contribution in [3.63, 3.8) is 0 Å². The third kappa shape index (κ3) is 4.01. The zero-order chi connectivity index (χ0) is 14.5. The summed E-state index contributed by atoms with van der Waals surface area (Å²) in [7, 11) is 0. The van der Waals surface area contributed by atoms with Gasteiger partial charge < -0.3 is 9.47 Å². The van der Waals surface area contributed by atoms with Crippen LogP contribution in [0, 0.1) is 0 Å². The van der Waals surface area contributed by atoms with Gasteiger partial charge in [0.05, 0.1) is 25.3 Å². The van der Waals surface area contributed by atoms with Crippen molar-refractivity contribution >= 4 is 17.3 Å². The zero-order valence-electron chi connectivity index (χ0n) is 12.3. The molecular weight excluding hydrogens is 276 g/mol. The molecule has 6 heteroatoms. The molecule has 0 aliphatic carbocycles. The summed E-state index contributed by atoms with van der Waals surface area (Å²) in [6.07, 6.45) is 0.261. The van der Waals surface area contributed by atoms with Gasteiger partial charge in [-0.1, -0.05) is 0 Å². The average molecular weight is 298 g/mol. The lowest BCUT2D eigenvalue weighted by molar-refractivity contribution is -0.142. The van der Waals surface area contributed by atoms with Crippen molar-refractivity contribution in [2.45, 2.75) is 39.3 Å². The summed E-state index contributed by atoms with van der Waals surface area (Å²) in [6.45, 7) is 9.16. The summed E-state index contributed by atoms with van der Waals surface area (Å²) in [5.41, 5.74) is 0.772. The molecule has 20 heavy (non-hydrogen) atoms. The Bertz CT molecular complexity index is 447. The molecule has 1 aromatic rings. The van der Waals surface area contributed by atoms with Gasteiger partial charge >= 0.3 is 5.97 Å². The minimum absolute atomic E-state index is 0.0205. The van der Waals surface area contributed by atoms with Crippen LogP contribution in [-0.4, -0.2) is 48.2 Å². The van der Waals surface area contributed by atoms with Gasteiger partial charge in [-0.15, -0.1) is 11.3 Å². The molecule has 0 N–H and O–H groups in total. The van der Waals surface area contributed by atoms with Crippen molar-refractivity contribution in [1.29, 1.82) is 0 Å². The Morgan fingerprint density at radius 2 is 2.45 bits per heavy atom. The van der Waals surface area contributed by atoms with Gasteiger partial charge in [-0.3, -0.25) is 9.69 Å². The Morgan fingerprint density at radius 1 is 1.65 bits per heavy atom. The topological polar surface area (TPSA) is 51.7 Å². The maximum atomic E-state index is 11.4. The third-order valence-electron chi connectivity index (χ3n) is 3.30. The van der Waals surface area contributed by atoms with E-state index in [1.807, 2.05) is 5.38 Å². The number of hydrogen-bond acceptors (Lipinski definition) is 6. The third-order valence-corrected chi connectivity index (χ3v) is 4.29. The highest BCUT2D eigenvalue weighted by Gasteiger charge is 2.26.